The van der Waals surface area contributed by atoms with Gasteiger partial charge in [-0.1, -0.05) is 70.7 Å². The maximum atomic E-state index is 11.3. The molecule has 324 valence electrons. The van der Waals surface area contributed by atoms with Crippen molar-refractivity contribution >= 4 is 29.7 Å². The highest BCUT2D eigenvalue weighted by molar-refractivity contribution is 5.81. The van der Waals surface area contributed by atoms with E-state index in [0.717, 1.165) is 32.1 Å². The van der Waals surface area contributed by atoms with Crippen molar-refractivity contribution in [3.63, 3.8) is 0 Å². The summed E-state index contributed by atoms with van der Waals surface area (Å²) in [4.78, 5) is 58.7. The summed E-state index contributed by atoms with van der Waals surface area (Å²) in [6, 6.07) is 0. The fourth-order valence-electron chi connectivity index (χ4n) is 2.76. The highest BCUT2D eigenvalue weighted by Gasteiger charge is 2.28. The second-order valence-electron chi connectivity index (χ2n) is 15.4. The van der Waals surface area contributed by atoms with Crippen LogP contribution in [-0.2, 0) is 42.9 Å². The van der Waals surface area contributed by atoms with Crippen LogP contribution >= 0.6 is 0 Å². The van der Waals surface area contributed by atoms with Crippen molar-refractivity contribution in [2.75, 3.05) is 48.8 Å². The molecule has 0 aromatic carbocycles. The number of hydrogen-bond acceptors (Lipinski definition) is 9. The SMILES string of the molecule is C.C.C.CCC(C)(C)C(=O)N(C)C.CCC(C)(C)C(=O)OC.CCC(C)(C)C(=O)OCOC.CCC(C)(C)N(C)C(C)=O.CCOC(=O)C(C)(C)CC. The van der Waals surface area contributed by atoms with E-state index < -0.39 is 5.41 Å². The molecule has 0 unspecified atom stereocenters. The second-order valence-corrected chi connectivity index (χ2v) is 15.4. The van der Waals surface area contributed by atoms with Gasteiger partial charge in [-0.3, -0.25) is 24.0 Å². The molecule has 0 spiro atoms. The summed E-state index contributed by atoms with van der Waals surface area (Å²) in [5, 5.41) is 0. The molecule has 0 rings (SSSR count). The number of carbonyl (C=O) groups is 5. The lowest BCUT2D eigenvalue weighted by atomic mass is 9.89. The van der Waals surface area contributed by atoms with Gasteiger partial charge < -0.3 is 28.7 Å². The number of carbonyl (C=O) groups excluding carboxylic acids is 5. The quantitative estimate of drug-likeness (QED) is 0.102. The van der Waals surface area contributed by atoms with Crippen LogP contribution in [0.4, 0.5) is 0 Å². The molecular weight excluding hydrogens is 676 g/mol. The van der Waals surface area contributed by atoms with E-state index in [9.17, 15) is 24.0 Å². The van der Waals surface area contributed by atoms with Gasteiger partial charge in [0.1, 0.15) is 0 Å². The van der Waals surface area contributed by atoms with E-state index in [2.05, 4.69) is 30.2 Å². The minimum atomic E-state index is -0.390. The molecule has 0 aliphatic carbocycles. The minimum Gasteiger partial charge on any atom is -0.469 e. The zero-order valence-corrected chi connectivity index (χ0v) is 36.5. The van der Waals surface area contributed by atoms with E-state index in [1.807, 2.05) is 97.1 Å². The summed E-state index contributed by atoms with van der Waals surface area (Å²) >= 11 is 0. The molecule has 0 aliphatic heterocycles. The molecule has 2 amide bonds. The van der Waals surface area contributed by atoms with Gasteiger partial charge in [-0.2, -0.15) is 0 Å². The number of ether oxygens (including phenoxy) is 4. The zero-order chi connectivity index (χ0) is 41.3. The Kier molecular flexibility index (Phi) is 42.2. The zero-order valence-electron chi connectivity index (χ0n) is 36.5. The Morgan fingerprint density at radius 3 is 1.00 bits per heavy atom. The lowest BCUT2D eigenvalue weighted by molar-refractivity contribution is -0.164. The van der Waals surface area contributed by atoms with Gasteiger partial charge >= 0.3 is 17.9 Å². The normalized spacial score (nSPS) is 10.6. The highest BCUT2D eigenvalue weighted by Crippen LogP contribution is 2.23. The smallest absolute Gasteiger partial charge is 0.313 e. The predicted octanol–water partition coefficient (Wildman–Crippen LogP) is 10.2. The average molecular weight is 769 g/mol. The number of hydrogen-bond donors (Lipinski definition) is 0. The first kappa shape index (κ1) is 68.3. The number of amides is 2. The van der Waals surface area contributed by atoms with Gasteiger partial charge in [-0.25, -0.2) is 0 Å². The molecule has 0 atom stereocenters. The Morgan fingerprint density at radius 2 is 0.830 bits per heavy atom. The first-order valence-corrected chi connectivity index (χ1v) is 17.8. The number of rotatable bonds is 13. The van der Waals surface area contributed by atoms with E-state index in [4.69, 9.17) is 9.47 Å². The molecule has 0 fully saturated rings. The molecule has 0 aromatic heterocycles. The van der Waals surface area contributed by atoms with Crippen molar-refractivity contribution in [3.05, 3.63) is 0 Å². The van der Waals surface area contributed by atoms with Crippen LogP contribution in [0.15, 0.2) is 0 Å². The van der Waals surface area contributed by atoms with Crippen LogP contribution < -0.4 is 0 Å². The van der Waals surface area contributed by atoms with E-state index >= 15 is 0 Å². The van der Waals surface area contributed by atoms with Crippen LogP contribution in [0.2, 0.25) is 0 Å². The molecule has 0 saturated carbocycles. The highest BCUT2D eigenvalue weighted by atomic mass is 16.7. The molecular formula is C42H92N2O9. The lowest BCUT2D eigenvalue weighted by Crippen LogP contribution is -2.43. The van der Waals surface area contributed by atoms with Crippen LogP contribution in [0.25, 0.3) is 0 Å². The van der Waals surface area contributed by atoms with Crippen LogP contribution in [-0.4, -0.2) is 93.8 Å². The third-order valence-electron chi connectivity index (χ3n) is 9.19. The van der Waals surface area contributed by atoms with Crippen LogP contribution in [0.3, 0.4) is 0 Å². The van der Waals surface area contributed by atoms with Crippen LogP contribution in [0.1, 0.15) is 172 Å². The number of esters is 3. The van der Waals surface area contributed by atoms with Crippen molar-refractivity contribution < 1.29 is 42.9 Å². The maximum absolute atomic E-state index is 11.3. The van der Waals surface area contributed by atoms with Gasteiger partial charge in [-0.15, -0.1) is 0 Å². The first-order valence-electron chi connectivity index (χ1n) is 17.8. The van der Waals surface area contributed by atoms with Crippen molar-refractivity contribution in [2.45, 2.75) is 178 Å². The lowest BCUT2D eigenvalue weighted by Gasteiger charge is -2.33. The fraction of sp³-hybridized carbons (Fsp3) is 0.881. The van der Waals surface area contributed by atoms with Gasteiger partial charge in [0.15, 0.2) is 6.79 Å². The molecule has 53 heavy (non-hydrogen) atoms. The Morgan fingerprint density at radius 1 is 0.509 bits per heavy atom. The molecule has 11 heteroatoms. The molecule has 0 radical (unpaired) electrons. The number of methoxy groups -OCH3 is 2. The van der Waals surface area contributed by atoms with Crippen LogP contribution in [0.5, 0.6) is 0 Å². The Labute approximate surface area is 330 Å². The summed E-state index contributed by atoms with van der Waals surface area (Å²) < 4.78 is 18.8. The van der Waals surface area contributed by atoms with Gasteiger partial charge in [0.05, 0.1) is 30.0 Å². The third kappa shape index (κ3) is 31.4. The van der Waals surface area contributed by atoms with Gasteiger partial charge in [0.2, 0.25) is 11.8 Å². The van der Waals surface area contributed by atoms with E-state index in [1.165, 1.54) is 14.2 Å². The summed E-state index contributed by atoms with van der Waals surface area (Å²) in [6.07, 6.45) is 4.30. The van der Waals surface area contributed by atoms with E-state index in [1.54, 1.807) is 30.8 Å². The monoisotopic (exact) mass is 769 g/mol. The summed E-state index contributed by atoms with van der Waals surface area (Å²) in [6.45, 7) is 33.3. The standard InChI is InChI=1S/2C8H17NO.C8H16O3.C8H16O2.C7H14O2.3CH4/c1-6-8(2,3)7(10)9(4)5;1-6-8(3,4)9(5)7(2)10;1-5-8(2,3)7(9)11-6-10-4;1-5-8(3,4)7(9)10-6-2;1-5-7(2,3)6(8)9-4;;;/h2*6H2,1-5H3;5-6H2,1-4H3;5-6H2,1-4H3;5H2,1-4H3;3*1H4. The molecule has 0 aliphatic rings. The molecule has 0 N–H and O–H groups in total. The molecule has 0 aromatic rings. The Hall–Kier alpha value is -2.69. The van der Waals surface area contributed by atoms with E-state index in [0.29, 0.717) is 6.61 Å². The molecule has 0 saturated heterocycles. The van der Waals surface area contributed by atoms with Gasteiger partial charge in [0.25, 0.3) is 0 Å². The number of nitrogens with zero attached hydrogens (tertiary/aromatic N) is 2. The molecule has 11 nitrogen and oxygen atoms in total. The predicted molar refractivity (Wildman–Crippen MR) is 225 cm³/mol. The average Bonchev–Trinajstić information content (AvgIpc) is 3.06. The van der Waals surface area contributed by atoms with Gasteiger partial charge in [-0.05, 0) is 94.4 Å². The van der Waals surface area contributed by atoms with Crippen molar-refractivity contribution in [3.8, 4) is 0 Å². The summed E-state index contributed by atoms with van der Waals surface area (Å²) in [5.41, 5.74) is -1.20. The maximum Gasteiger partial charge on any atom is 0.313 e. The van der Waals surface area contributed by atoms with Crippen molar-refractivity contribution in [1.82, 2.24) is 9.80 Å². The second kappa shape index (κ2) is 32.7. The molecule has 0 bridgehead atoms. The van der Waals surface area contributed by atoms with Crippen molar-refractivity contribution in [1.29, 1.82) is 0 Å². The van der Waals surface area contributed by atoms with Crippen LogP contribution in [0, 0.1) is 21.7 Å². The summed E-state index contributed by atoms with van der Waals surface area (Å²) in [7, 11) is 8.33. The van der Waals surface area contributed by atoms with Crippen molar-refractivity contribution in [2.24, 2.45) is 21.7 Å². The Bertz CT molecular complexity index is 970. The van der Waals surface area contributed by atoms with Gasteiger partial charge in [0, 0.05) is 46.1 Å². The largest absolute Gasteiger partial charge is 0.469 e. The topological polar surface area (TPSA) is 129 Å². The first-order chi connectivity index (χ1) is 22.5. The third-order valence-corrected chi connectivity index (χ3v) is 9.19. The fourth-order valence-corrected chi connectivity index (χ4v) is 2.76. The van der Waals surface area contributed by atoms with E-state index in [-0.39, 0.29) is 80.6 Å². The minimum absolute atomic E-state index is 0. The molecule has 0 heterocycles. The Balaban J connectivity index is -0.0000000786. The summed E-state index contributed by atoms with van der Waals surface area (Å²) in [5.74, 6) is -0.105.